The molecule has 1 atom stereocenters. The molecule has 3 aromatic rings. The zero-order valence-corrected chi connectivity index (χ0v) is 22.8. The van der Waals surface area contributed by atoms with Crippen LogP contribution >= 0.6 is 0 Å². The minimum absolute atomic E-state index is 0.0163. The molecular weight excluding hydrogens is 498 g/mol. The van der Waals surface area contributed by atoms with Crippen molar-refractivity contribution in [3.8, 4) is 23.0 Å². The Morgan fingerprint density at radius 2 is 1.49 bits per heavy atom. The Balaban J connectivity index is 1.90. The van der Waals surface area contributed by atoms with Gasteiger partial charge in [0.2, 0.25) is 0 Å². The topological polar surface area (TPSA) is 94.5 Å². The normalized spacial score (nSPS) is 16.5. The molecule has 1 fully saturated rings. The maximum atomic E-state index is 13.5. The van der Waals surface area contributed by atoms with Crippen molar-refractivity contribution in [3.63, 3.8) is 0 Å². The molecule has 8 nitrogen and oxygen atoms in total. The highest BCUT2D eigenvalue weighted by Crippen LogP contribution is 2.44. The molecule has 1 saturated heterocycles. The van der Waals surface area contributed by atoms with Crippen molar-refractivity contribution in [2.24, 2.45) is 0 Å². The maximum absolute atomic E-state index is 13.5. The van der Waals surface area contributed by atoms with Gasteiger partial charge in [0.15, 0.2) is 0 Å². The van der Waals surface area contributed by atoms with E-state index in [2.05, 4.69) is 0 Å². The first-order valence-corrected chi connectivity index (χ1v) is 12.9. The van der Waals surface area contributed by atoms with Crippen LogP contribution in [0.1, 0.15) is 44.9 Å². The molecule has 0 aromatic heterocycles. The van der Waals surface area contributed by atoms with E-state index in [1.807, 2.05) is 27.7 Å². The number of Topliss-reactive ketones (excluding diaryl/α,β-unsaturated/α-hetero) is 1. The summed E-state index contributed by atoms with van der Waals surface area (Å²) in [4.78, 5) is 28.4. The summed E-state index contributed by atoms with van der Waals surface area (Å²) >= 11 is 0. The first kappa shape index (κ1) is 27.6. The van der Waals surface area contributed by atoms with E-state index in [9.17, 15) is 14.7 Å². The van der Waals surface area contributed by atoms with E-state index < -0.39 is 17.7 Å². The lowest BCUT2D eigenvalue weighted by Gasteiger charge is -2.26. The number of benzene rings is 3. The monoisotopic (exact) mass is 531 g/mol. The highest BCUT2D eigenvalue weighted by molar-refractivity contribution is 6.51. The molecule has 0 bridgehead atoms. The zero-order valence-electron chi connectivity index (χ0n) is 22.8. The van der Waals surface area contributed by atoms with Crippen LogP contribution in [0, 0.1) is 0 Å². The number of aliphatic hydroxyl groups excluding tert-OH is 1. The van der Waals surface area contributed by atoms with E-state index in [0.29, 0.717) is 47.5 Å². The average molecular weight is 532 g/mol. The van der Waals surface area contributed by atoms with Crippen LogP contribution in [0.3, 0.4) is 0 Å². The van der Waals surface area contributed by atoms with Crippen LogP contribution in [0.5, 0.6) is 23.0 Å². The molecule has 1 heterocycles. The first-order chi connectivity index (χ1) is 18.8. The SMILES string of the molecule is CCOc1ccc(/C(O)=C2/C(=O)C(=O)N(c3ccc(OC)cc3)C2c2ccc(OC(C)C)cc2)c(OCC)c1. The number of rotatable bonds is 10. The van der Waals surface area contributed by atoms with Crippen LogP contribution < -0.4 is 23.8 Å². The second-order valence-corrected chi connectivity index (χ2v) is 9.13. The number of ether oxygens (including phenoxy) is 4. The molecule has 0 saturated carbocycles. The van der Waals surface area contributed by atoms with Crippen molar-refractivity contribution in [1.29, 1.82) is 0 Å². The summed E-state index contributed by atoms with van der Waals surface area (Å²) in [6, 6.07) is 18.1. The molecule has 1 aliphatic rings. The van der Waals surface area contributed by atoms with Crippen molar-refractivity contribution < 1.29 is 33.6 Å². The van der Waals surface area contributed by atoms with Crippen molar-refractivity contribution in [3.05, 3.63) is 83.4 Å². The Bertz CT molecular complexity index is 1360. The third-order valence-corrected chi connectivity index (χ3v) is 6.18. The number of methoxy groups -OCH3 is 1. The summed E-state index contributed by atoms with van der Waals surface area (Å²) in [5.74, 6) is 0.288. The summed E-state index contributed by atoms with van der Waals surface area (Å²) in [7, 11) is 1.55. The van der Waals surface area contributed by atoms with Gasteiger partial charge in [-0.1, -0.05) is 12.1 Å². The van der Waals surface area contributed by atoms with Crippen LogP contribution in [-0.4, -0.2) is 43.2 Å². The Morgan fingerprint density at radius 3 is 2.08 bits per heavy atom. The molecule has 0 spiro atoms. The zero-order chi connectivity index (χ0) is 28.1. The van der Waals surface area contributed by atoms with E-state index >= 15 is 0 Å². The van der Waals surface area contributed by atoms with Crippen LogP contribution in [0.4, 0.5) is 5.69 Å². The second kappa shape index (κ2) is 11.9. The van der Waals surface area contributed by atoms with Gasteiger partial charge in [-0.2, -0.15) is 0 Å². The summed E-state index contributed by atoms with van der Waals surface area (Å²) in [6.07, 6.45) is -0.0163. The van der Waals surface area contributed by atoms with Gasteiger partial charge in [-0.25, -0.2) is 0 Å². The van der Waals surface area contributed by atoms with Crippen molar-refractivity contribution in [2.45, 2.75) is 39.8 Å². The van der Waals surface area contributed by atoms with Gasteiger partial charge in [0, 0.05) is 11.8 Å². The molecule has 1 N–H and O–H groups in total. The largest absolute Gasteiger partial charge is 0.507 e. The molecular formula is C31H33NO7. The van der Waals surface area contributed by atoms with Crippen molar-refractivity contribution >= 4 is 23.1 Å². The van der Waals surface area contributed by atoms with Crippen LogP contribution in [0.2, 0.25) is 0 Å². The second-order valence-electron chi connectivity index (χ2n) is 9.13. The smallest absolute Gasteiger partial charge is 0.300 e. The molecule has 1 aliphatic heterocycles. The van der Waals surface area contributed by atoms with Crippen molar-refractivity contribution in [1.82, 2.24) is 0 Å². The van der Waals surface area contributed by atoms with Crippen LogP contribution in [0.25, 0.3) is 5.76 Å². The van der Waals surface area contributed by atoms with Crippen molar-refractivity contribution in [2.75, 3.05) is 25.2 Å². The third-order valence-electron chi connectivity index (χ3n) is 6.18. The summed E-state index contributed by atoms with van der Waals surface area (Å²) < 4.78 is 22.4. The minimum Gasteiger partial charge on any atom is -0.507 e. The van der Waals surface area contributed by atoms with E-state index in [1.54, 1.807) is 73.8 Å². The van der Waals surface area contributed by atoms with Gasteiger partial charge in [0.25, 0.3) is 11.7 Å². The Morgan fingerprint density at radius 1 is 0.872 bits per heavy atom. The number of anilines is 1. The molecule has 3 aromatic carbocycles. The van der Waals surface area contributed by atoms with E-state index in [-0.39, 0.29) is 23.0 Å². The fourth-order valence-electron chi connectivity index (χ4n) is 4.53. The molecule has 39 heavy (non-hydrogen) atoms. The lowest BCUT2D eigenvalue weighted by Crippen LogP contribution is -2.29. The maximum Gasteiger partial charge on any atom is 0.300 e. The molecule has 1 unspecified atom stereocenters. The fraction of sp³-hybridized carbons (Fsp3) is 0.290. The Hall–Kier alpha value is -4.46. The summed E-state index contributed by atoms with van der Waals surface area (Å²) in [5, 5.41) is 11.6. The number of aliphatic hydroxyl groups is 1. The molecule has 8 heteroatoms. The number of carbonyl (C=O) groups excluding carboxylic acids is 2. The molecule has 1 amide bonds. The average Bonchev–Trinajstić information content (AvgIpc) is 3.19. The number of carbonyl (C=O) groups is 2. The van der Waals surface area contributed by atoms with E-state index in [4.69, 9.17) is 18.9 Å². The first-order valence-electron chi connectivity index (χ1n) is 12.9. The molecule has 204 valence electrons. The molecule has 0 radical (unpaired) electrons. The van der Waals surface area contributed by atoms with Gasteiger partial charge < -0.3 is 24.1 Å². The quantitative estimate of drug-likeness (QED) is 0.198. The highest BCUT2D eigenvalue weighted by atomic mass is 16.5. The standard InChI is InChI=1S/C31H33NO7/c1-6-37-24-16-17-25(26(18-24)38-7-2)29(33)27-28(20-8-12-23(13-9-20)39-19(3)4)32(31(35)30(27)34)21-10-14-22(36-5)15-11-21/h8-19,28,33H,6-7H2,1-5H3/b29-27-. The Kier molecular flexibility index (Phi) is 8.44. The summed E-state index contributed by atoms with van der Waals surface area (Å²) in [6.45, 7) is 8.34. The number of amides is 1. The van der Waals surface area contributed by atoms with Gasteiger partial charge in [-0.15, -0.1) is 0 Å². The van der Waals surface area contributed by atoms with Crippen LogP contribution in [-0.2, 0) is 9.59 Å². The van der Waals surface area contributed by atoms with Gasteiger partial charge in [-0.3, -0.25) is 14.5 Å². The molecule has 0 aliphatic carbocycles. The third kappa shape index (κ3) is 5.70. The Labute approximate surface area is 228 Å². The minimum atomic E-state index is -0.896. The van der Waals surface area contributed by atoms with Gasteiger partial charge in [-0.05, 0) is 81.8 Å². The highest BCUT2D eigenvalue weighted by Gasteiger charge is 2.47. The van der Waals surface area contributed by atoms with Gasteiger partial charge >= 0.3 is 0 Å². The predicted octanol–water partition coefficient (Wildman–Crippen LogP) is 5.91. The van der Waals surface area contributed by atoms with Crippen LogP contribution in [0.15, 0.2) is 72.3 Å². The fourth-order valence-corrected chi connectivity index (χ4v) is 4.53. The molecule has 4 rings (SSSR count). The summed E-state index contributed by atoms with van der Waals surface area (Å²) in [5.41, 5.74) is 1.36. The number of ketones is 1. The predicted molar refractivity (Wildman–Crippen MR) is 149 cm³/mol. The number of nitrogens with zero attached hydrogens (tertiary/aromatic N) is 1. The number of hydrogen-bond donors (Lipinski definition) is 1. The van der Waals surface area contributed by atoms with Gasteiger partial charge in [0.1, 0.15) is 28.8 Å². The van der Waals surface area contributed by atoms with Gasteiger partial charge in [0.05, 0.1) is 43.6 Å². The van der Waals surface area contributed by atoms with E-state index in [0.717, 1.165) is 0 Å². The lowest BCUT2D eigenvalue weighted by molar-refractivity contribution is -0.132. The number of hydrogen-bond acceptors (Lipinski definition) is 7. The van der Waals surface area contributed by atoms with E-state index in [1.165, 1.54) is 4.90 Å². The lowest BCUT2D eigenvalue weighted by atomic mass is 9.94.